The van der Waals surface area contributed by atoms with Gasteiger partial charge in [0.1, 0.15) is 12.9 Å². The second-order valence-corrected chi connectivity index (χ2v) is 1.31. The Kier molecular flexibility index (Phi) is 1.17. The molecular weight excluding hydrogens is 108 g/mol. The Morgan fingerprint density at radius 2 is 2.62 bits per heavy atom. The highest BCUT2D eigenvalue weighted by molar-refractivity contribution is 4.74. The predicted molar refractivity (Wildman–Crippen MR) is 27.2 cm³/mol. The topological polar surface area (TPSA) is 61.2 Å². The lowest BCUT2D eigenvalue weighted by molar-refractivity contribution is 0.264. The summed E-state index contributed by atoms with van der Waals surface area (Å²) in [5, 5.41) is 0. The molecular formula is C4H6N2O2. The summed E-state index contributed by atoms with van der Waals surface area (Å²) < 4.78 is 5.65. The van der Waals surface area contributed by atoms with Crippen molar-refractivity contribution in [2.24, 2.45) is 5.73 Å². The van der Waals surface area contributed by atoms with E-state index in [1.807, 2.05) is 0 Å². The van der Waals surface area contributed by atoms with Crippen LogP contribution >= 0.6 is 0 Å². The van der Waals surface area contributed by atoms with Gasteiger partial charge in [-0.15, -0.1) is 0 Å². The number of aromatic nitrogens is 1. The molecule has 1 aromatic rings. The Morgan fingerprint density at radius 3 is 2.88 bits per heavy atom. The van der Waals surface area contributed by atoms with Gasteiger partial charge in [0.15, 0.2) is 0 Å². The second kappa shape index (κ2) is 1.83. The smallest absolute Gasteiger partial charge is 0.283 e. The van der Waals surface area contributed by atoms with E-state index >= 15 is 0 Å². The van der Waals surface area contributed by atoms with Crippen LogP contribution in [0.1, 0.15) is 0 Å². The van der Waals surface area contributed by atoms with Crippen LogP contribution in [0.15, 0.2) is 21.6 Å². The van der Waals surface area contributed by atoms with E-state index in [4.69, 9.17) is 5.73 Å². The monoisotopic (exact) mass is 114 g/mol. The molecule has 4 heteroatoms. The minimum absolute atomic E-state index is 0.103. The van der Waals surface area contributed by atoms with Gasteiger partial charge in [0, 0.05) is 6.07 Å². The Labute approximate surface area is 45.5 Å². The predicted octanol–water partition coefficient (Wildman–Crippen LogP) is -0.643. The normalized spacial score (nSPS) is 9.62. The fraction of sp³-hybridized carbons (Fsp3) is 0.250. The largest absolute Gasteiger partial charge is 0.383 e. The molecule has 8 heavy (non-hydrogen) atoms. The Hall–Kier alpha value is -1.03. The van der Waals surface area contributed by atoms with Crippen molar-refractivity contribution in [1.82, 2.24) is 4.74 Å². The first-order valence-corrected chi connectivity index (χ1v) is 2.19. The molecule has 0 aliphatic carbocycles. The van der Waals surface area contributed by atoms with E-state index in [1.165, 1.54) is 12.3 Å². The number of nitrogens with two attached hydrogens (primary N) is 1. The van der Waals surface area contributed by atoms with Crippen LogP contribution in [0.2, 0.25) is 0 Å². The highest BCUT2D eigenvalue weighted by Gasteiger charge is 1.89. The molecule has 1 aromatic heterocycles. The molecule has 1 rings (SSSR count). The van der Waals surface area contributed by atoms with Crippen molar-refractivity contribution in [1.29, 1.82) is 0 Å². The lowest BCUT2D eigenvalue weighted by Crippen LogP contribution is -2.18. The molecule has 0 aliphatic heterocycles. The lowest BCUT2D eigenvalue weighted by atomic mass is 10.7. The zero-order valence-corrected chi connectivity index (χ0v) is 4.20. The third kappa shape index (κ3) is 0.651. The summed E-state index contributed by atoms with van der Waals surface area (Å²) >= 11 is 0. The fourth-order valence-electron chi connectivity index (χ4n) is 0.430. The van der Waals surface area contributed by atoms with Crippen molar-refractivity contribution in [3.63, 3.8) is 0 Å². The van der Waals surface area contributed by atoms with E-state index < -0.39 is 0 Å². The molecule has 0 aromatic carbocycles. The van der Waals surface area contributed by atoms with Crippen LogP contribution in [0.5, 0.6) is 0 Å². The molecule has 1 heterocycles. The maximum absolute atomic E-state index is 10.4. The Morgan fingerprint density at radius 1 is 1.88 bits per heavy atom. The number of hydrogen-bond donors (Lipinski definition) is 1. The van der Waals surface area contributed by atoms with Gasteiger partial charge in [0.2, 0.25) is 0 Å². The molecule has 0 amide bonds. The van der Waals surface area contributed by atoms with E-state index in [0.717, 1.165) is 4.74 Å². The van der Waals surface area contributed by atoms with Crippen LogP contribution in [0.3, 0.4) is 0 Å². The van der Waals surface area contributed by atoms with Gasteiger partial charge in [0.25, 0.3) is 5.56 Å². The summed E-state index contributed by atoms with van der Waals surface area (Å²) in [6.07, 6.45) is 1.30. The summed E-state index contributed by atoms with van der Waals surface area (Å²) in [7, 11) is 0. The highest BCUT2D eigenvalue weighted by Crippen LogP contribution is 1.74. The average molecular weight is 114 g/mol. The van der Waals surface area contributed by atoms with E-state index in [0.29, 0.717) is 0 Å². The van der Waals surface area contributed by atoms with Crippen LogP contribution in [0.25, 0.3) is 0 Å². The molecule has 0 fully saturated rings. The maximum Gasteiger partial charge on any atom is 0.283 e. The lowest BCUT2D eigenvalue weighted by Gasteiger charge is -1.87. The Balaban J connectivity index is 3.11. The summed E-state index contributed by atoms with van der Waals surface area (Å²) in [4.78, 5) is 10.4. The van der Waals surface area contributed by atoms with Crippen molar-refractivity contribution in [2.75, 3.05) is 0 Å². The van der Waals surface area contributed by atoms with Crippen LogP contribution in [0, 0.1) is 0 Å². The van der Waals surface area contributed by atoms with Crippen molar-refractivity contribution in [3.05, 3.63) is 22.7 Å². The van der Waals surface area contributed by atoms with Gasteiger partial charge in [-0.1, -0.05) is 0 Å². The second-order valence-electron chi connectivity index (χ2n) is 1.31. The maximum atomic E-state index is 10.4. The summed E-state index contributed by atoms with van der Waals surface area (Å²) in [5.41, 5.74) is 4.86. The molecule has 44 valence electrons. The van der Waals surface area contributed by atoms with Crippen LogP contribution < -0.4 is 11.3 Å². The number of nitrogens with zero attached hydrogens (tertiary/aromatic N) is 1. The van der Waals surface area contributed by atoms with Crippen LogP contribution in [-0.4, -0.2) is 4.74 Å². The molecule has 0 atom stereocenters. The molecule has 2 N–H and O–H groups in total. The van der Waals surface area contributed by atoms with Gasteiger partial charge in [0.05, 0.1) is 0 Å². The van der Waals surface area contributed by atoms with Gasteiger partial charge < -0.3 is 10.3 Å². The molecule has 4 nitrogen and oxygen atoms in total. The fourth-order valence-corrected chi connectivity index (χ4v) is 0.430. The van der Waals surface area contributed by atoms with Crippen LogP contribution in [0.4, 0.5) is 0 Å². The van der Waals surface area contributed by atoms with Gasteiger partial charge in [-0.05, 0) is 0 Å². The van der Waals surface area contributed by atoms with E-state index in [1.54, 1.807) is 0 Å². The molecule has 0 unspecified atom stereocenters. The summed E-state index contributed by atoms with van der Waals surface area (Å²) in [6.45, 7) is 0.103. The first-order valence-electron chi connectivity index (χ1n) is 2.19. The van der Waals surface area contributed by atoms with Gasteiger partial charge in [-0.3, -0.25) is 4.79 Å². The van der Waals surface area contributed by atoms with Crippen molar-refractivity contribution >= 4 is 0 Å². The molecule has 0 spiro atoms. The van der Waals surface area contributed by atoms with Gasteiger partial charge in [-0.2, -0.15) is 4.74 Å². The van der Waals surface area contributed by atoms with Crippen molar-refractivity contribution < 1.29 is 4.52 Å². The van der Waals surface area contributed by atoms with E-state index in [9.17, 15) is 4.79 Å². The molecule has 0 radical (unpaired) electrons. The zero-order valence-electron chi connectivity index (χ0n) is 4.20. The van der Waals surface area contributed by atoms with Crippen molar-refractivity contribution in [3.8, 4) is 0 Å². The first-order chi connectivity index (χ1) is 3.84. The highest BCUT2D eigenvalue weighted by atomic mass is 16.5. The molecule has 0 aliphatic rings. The summed E-state index contributed by atoms with van der Waals surface area (Å²) in [5.74, 6) is 0. The number of hydrogen-bond acceptors (Lipinski definition) is 3. The van der Waals surface area contributed by atoms with E-state index in [2.05, 4.69) is 4.52 Å². The number of rotatable bonds is 1. The van der Waals surface area contributed by atoms with Crippen molar-refractivity contribution in [2.45, 2.75) is 6.67 Å². The average Bonchev–Trinajstić information content (AvgIpc) is 2.14. The molecule has 0 saturated carbocycles. The third-order valence-corrected chi connectivity index (χ3v) is 0.810. The van der Waals surface area contributed by atoms with Crippen LogP contribution in [-0.2, 0) is 6.67 Å². The molecule has 0 saturated heterocycles. The van der Waals surface area contributed by atoms with Gasteiger partial charge >= 0.3 is 0 Å². The third-order valence-electron chi connectivity index (χ3n) is 0.810. The van der Waals surface area contributed by atoms with E-state index in [-0.39, 0.29) is 12.2 Å². The Bertz CT molecular complexity index is 212. The standard InChI is InChI=1S/C4H6N2O2/c5-3-6-4(7)1-2-8-6/h1-2H,3,5H2. The SMILES string of the molecule is NCn1occc1=O. The quantitative estimate of drug-likeness (QED) is 0.528. The minimum atomic E-state index is -0.201. The van der Waals surface area contributed by atoms with Gasteiger partial charge in [-0.25, -0.2) is 0 Å². The minimum Gasteiger partial charge on any atom is -0.383 e. The molecule has 0 bridgehead atoms. The summed E-state index contributed by atoms with van der Waals surface area (Å²) in [6, 6.07) is 1.31. The first kappa shape index (κ1) is 5.11. The zero-order chi connectivity index (χ0) is 5.98.